The Morgan fingerprint density at radius 1 is 1.38 bits per heavy atom. The number of rotatable bonds is 1. The Hall–Kier alpha value is -0.0400. The first-order valence-corrected chi connectivity index (χ1v) is 5.75. The van der Waals surface area contributed by atoms with E-state index in [1.165, 1.54) is 25.7 Å². The molecule has 3 aliphatic carbocycles. The van der Waals surface area contributed by atoms with Gasteiger partial charge in [0.15, 0.2) is 0 Å². The number of aliphatic hydroxyl groups excluding tert-OH is 1. The van der Waals surface area contributed by atoms with E-state index in [2.05, 4.69) is 13.8 Å². The van der Waals surface area contributed by atoms with Crippen molar-refractivity contribution in [1.82, 2.24) is 0 Å². The Morgan fingerprint density at radius 3 is 2.77 bits per heavy atom. The molecule has 3 aliphatic rings. The number of hydrogen-bond acceptors (Lipinski definition) is 1. The second-order valence-electron chi connectivity index (χ2n) is 5.99. The largest absolute Gasteiger partial charge is 0.396 e. The molecule has 0 aliphatic heterocycles. The summed E-state index contributed by atoms with van der Waals surface area (Å²) in [6.07, 6.45) is 5.76. The molecule has 4 unspecified atom stereocenters. The van der Waals surface area contributed by atoms with Gasteiger partial charge in [0.2, 0.25) is 0 Å². The van der Waals surface area contributed by atoms with Crippen LogP contribution in [0.1, 0.15) is 39.5 Å². The van der Waals surface area contributed by atoms with Crippen molar-refractivity contribution >= 4 is 0 Å². The van der Waals surface area contributed by atoms with Crippen LogP contribution in [0.3, 0.4) is 0 Å². The Labute approximate surface area is 80.5 Å². The van der Waals surface area contributed by atoms with Crippen molar-refractivity contribution < 1.29 is 5.11 Å². The van der Waals surface area contributed by atoms with Gasteiger partial charge in [0.25, 0.3) is 0 Å². The SMILES string of the molecule is CC1(C)C(CO)C12CCCC1CC12. The van der Waals surface area contributed by atoms with Crippen LogP contribution in [0.5, 0.6) is 0 Å². The fourth-order valence-corrected chi connectivity index (χ4v) is 4.67. The van der Waals surface area contributed by atoms with Crippen LogP contribution in [-0.4, -0.2) is 11.7 Å². The van der Waals surface area contributed by atoms with Crippen LogP contribution in [0.2, 0.25) is 0 Å². The molecular formula is C12H20O. The lowest BCUT2D eigenvalue weighted by molar-refractivity contribution is 0.208. The summed E-state index contributed by atoms with van der Waals surface area (Å²) in [5.74, 6) is 2.66. The quantitative estimate of drug-likeness (QED) is 0.657. The number of fused-ring (bicyclic) bond motifs is 2. The number of aliphatic hydroxyl groups is 1. The molecule has 13 heavy (non-hydrogen) atoms. The molecule has 1 nitrogen and oxygen atoms in total. The molecular weight excluding hydrogens is 160 g/mol. The molecule has 74 valence electrons. The third-order valence-corrected chi connectivity index (χ3v) is 5.54. The van der Waals surface area contributed by atoms with E-state index in [-0.39, 0.29) is 0 Å². The average molecular weight is 180 g/mol. The first kappa shape index (κ1) is 8.28. The molecule has 3 fully saturated rings. The highest BCUT2D eigenvalue weighted by Gasteiger charge is 2.77. The Morgan fingerprint density at radius 2 is 2.15 bits per heavy atom. The summed E-state index contributed by atoms with van der Waals surface area (Å²) in [5, 5.41) is 9.40. The van der Waals surface area contributed by atoms with E-state index in [0.29, 0.717) is 23.4 Å². The van der Waals surface area contributed by atoms with E-state index in [9.17, 15) is 5.11 Å². The minimum Gasteiger partial charge on any atom is -0.396 e. The summed E-state index contributed by atoms with van der Waals surface area (Å²) >= 11 is 0. The lowest BCUT2D eigenvalue weighted by Crippen LogP contribution is -2.18. The zero-order chi connectivity index (χ0) is 9.27. The van der Waals surface area contributed by atoms with Gasteiger partial charge < -0.3 is 5.11 Å². The van der Waals surface area contributed by atoms with Crippen LogP contribution in [0.25, 0.3) is 0 Å². The molecule has 0 aromatic carbocycles. The minimum absolute atomic E-state index is 0.427. The molecule has 0 radical (unpaired) electrons. The van der Waals surface area contributed by atoms with Crippen LogP contribution < -0.4 is 0 Å². The molecule has 1 heteroatoms. The highest BCUT2D eigenvalue weighted by atomic mass is 16.3. The van der Waals surface area contributed by atoms with Gasteiger partial charge in [-0.05, 0) is 41.4 Å². The van der Waals surface area contributed by atoms with Crippen LogP contribution in [-0.2, 0) is 0 Å². The highest BCUT2D eigenvalue weighted by molar-refractivity contribution is 5.25. The van der Waals surface area contributed by atoms with Gasteiger partial charge in [-0.25, -0.2) is 0 Å². The molecule has 3 rings (SSSR count). The van der Waals surface area contributed by atoms with E-state index >= 15 is 0 Å². The van der Waals surface area contributed by atoms with Gasteiger partial charge in [0.1, 0.15) is 0 Å². The van der Waals surface area contributed by atoms with E-state index < -0.39 is 0 Å². The predicted octanol–water partition coefficient (Wildman–Crippen LogP) is 2.44. The predicted molar refractivity (Wildman–Crippen MR) is 52.2 cm³/mol. The molecule has 3 saturated carbocycles. The molecule has 0 saturated heterocycles. The average Bonchev–Trinajstić information content (AvgIpc) is 2.91. The molecule has 1 N–H and O–H groups in total. The maximum absolute atomic E-state index is 9.40. The van der Waals surface area contributed by atoms with Gasteiger partial charge in [0, 0.05) is 6.61 Å². The third-order valence-electron chi connectivity index (χ3n) is 5.54. The molecule has 0 heterocycles. The summed E-state index contributed by atoms with van der Waals surface area (Å²) in [6, 6.07) is 0. The summed E-state index contributed by atoms with van der Waals surface area (Å²) in [5.41, 5.74) is 1.02. The summed E-state index contributed by atoms with van der Waals surface area (Å²) < 4.78 is 0. The van der Waals surface area contributed by atoms with Crippen molar-refractivity contribution in [3.63, 3.8) is 0 Å². The van der Waals surface area contributed by atoms with E-state index in [1.807, 2.05) is 0 Å². The van der Waals surface area contributed by atoms with Crippen LogP contribution in [0, 0.1) is 28.6 Å². The van der Waals surface area contributed by atoms with Gasteiger partial charge in [-0.3, -0.25) is 0 Å². The highest BCUT2D eigenvalue weighted by Crippen LogP contribution is 2.82. The van der Waals surface area contributed by atoms with Crippen molar-refractivity contribution in [3.8, 4) is 0 Å². The minimum atomic E-state index is 0.427. The van der Waals surface area contributed by atoms with Crippen molar-refractivity contribution in [3.05, 3.63) is 0 Å². The van der Waals surface area contributed by atoms with Crippen molar-refractivity contribution in [2.45, 2.75) is 39.5 Å². The van der Waals surface area contributed by atoms with Crippen molar-refractivity contribution in [1.29, 1.82) is 0 Å². The Balaban J connectivity index is 1.90. The zero-order valence-electron chi connectivity index (χ0n) is 8.71. The van der Waals surface area contributed by atoms with Gasteiger partial charge in [-0.1, -0.05) is 26.7 Å². The molecule has 4 atom stereocenters. The van der Waals surface area contributed by atoms with Gasteiger partial charge in [-0.15, -0.1) is 0 Å². The van der Waals surface area contributed by atoms with E-state index in [4.69, 9.17) is 0 Å². The van der Waals surface area contributed by atoms with Crippen LogP contribution in [0.4, 0.5) is 0 Å². The fraction of sp³-hybridized carbons (Fsp3) is 1.00. The number of hydrogen-bond donors (Lipinski definition) is 1. The maximum Gasteiger partial charge on any atom is 0.0470 e. The summed E-state index contributed by atoms with van der Waals surface area (Å²) in [4.78, 5) is 0. The Bertz CT molecular complexity index is 246. The second kappa shape index (κ2) is 2.13. The van der Waals surface area contributed by atoms with Gasteiger partial charge in [-0.2, -0.15) is 0 Å². The van der Waals surface area contributed by atoms with Gasteiger partial charge in [0.05, 0.1) is 0 Å². The lowest BCUT2D eigenvalue weighted by atomic mass is 9.80. The smallest absolute Gasteiger partial charge is 0.0470 e. The van der Waals surface area contributed by atoms with E-state index in [1.54, 1.807) is 0 Å². The fourth-order valence-electron chi connectivity index (χ4n) is 4.67. The molecule has 1 spiro atoms. The zero-order valence-corrected chi connectivity index (χ0v) is 8.71. The van der Waals surface area contributed by atoms with Crippen molar-refractivity contribution in [2.75, 3.05) is 6.61 Å². The topological polar surface area (TPSA) is 20.2 Å². The second-order valence-corrected chi connectivity index (χ2v) is 5.99. The van der Waals surface area contributed by atoms with E-state index in [0.717, 1.165) is 11.8 Å². The monoisotopic (exact) mass is 180 g/mol. The van der Waals surface area contributed by atoms with Crippen LogP contribution in [0.15, 0.2) is 0 Å². The maximum atomic E-state index is 9.40. The third kappa shape index (κ3) is 0.743. The first-order chi connectivity index (χ1) is 6.14. The first-order valence-electron chi connectivity index (χ1n) is 5.75. The summed E-state index contributed by atoms with van der Waals surface area (Å²) in [6.45, 7) is 5.17. The Kier molecular flexibility index (Phi) is 1.36. The lowest BCUT2D eigenvalue weighted by Gasteiger charge is -2.25. The van der Waals surface area contributed by atoms with Crippen molar-refractivity contribution in [2.24, 2.45) is 28.6 Å². The molecule has 0 aromatic heterocycles. The molecule has 0 amide bonds. The molecule has 0 aromatic rings. The van der Waals surface area contributed by atoms with Gasteiger partial charge >= 0.3 is 0 Å². The normalized spacial score (nSPS) is 56.1. The summed E-state index contributed by atoms with van der Waals surface area (Å²) in [7, 11) is 0. The molecule has 0 bridgehead atoms. The van der Waals surface area contributed by atoms with Crippen LogP contribution >= 0.6 is 0 Å². The standard InChI is InChI=1S/C12H20O/c1-11(2)10(7-13)12(11)5-3-4-8-6-9(8)12/h8-10,13H,3-7H2,1-2H3.